The van der Waals surface area contributed by atoms with Crippen molar-refractivity contribution in [1.29, 1.82) is 0 Å². The van der Waals surface area contributed by atoms with Gasteiger partial charge >= 0.3 is 6.18 Å². The second kappa shape index (κ2) is 6.92. The third-order valence-electron chi connectivity index (χ3n) is 2.81. The second-order valence-electron chi connectivity index (χ2n) is 4.73. The minimum absolute atomic E-state index is 0.0650. The number of rotatable bonds is 6. The van der Waals surface area contributed by atoms with Crippen LogP contribution in [0.2, 0.25) is 0 Å². The highest BCUT2D eigenvalue weighted by atomic mass is 32.1. The van der Waals surface area contributed by atoms with E-state index in [2.05, 4.69) is 0 Å². The summed E-state index contributed by atoms with van der Waals surface area (Å²) in [7, 11) is 0. The van der Waals surface area contributed by atoms with Crippen LogP contribution in [0.5, 0.6) is 5.75 Å². The molecule has 20 heavy (non-hydrogen) atoms. The summed E-state index contributed by atoms with van der Waals surface area (Å²) in [6.07, 6.45) is -3.42. The molecular weight excluding hydrogens is 287 g/mol. The van der Waals surface area contributed by atoms with Crippen LogP contribution >= 0.6 is 12.2 Å². The van der Waals surface area contributed by atoms with Gasteiger partial charge in [0.15, 0.2) is 0 Å². The Balaban J connectivity index is 3.02. The van der Waals surface area contributed by atoms with Crippen molar-refractivity contribution in [1.82, 2.24) is 0 Å². The number of nitrogens with two attached hydrogens (primary N) is 1. The molecule has 0 fully saturated rings. The summed E-state index contributed by atoms with van der Waals surface area (Å²) < 4.78 is 43.6. The zero-order valence-corrected chi connectivity index (χ0v) is 12.3. The first kappa shape index (κ1) is 16.8. The molecular formula is C14H18F3NOS. The highest BCUT2D eigenvalue weighted by molar-refractivity contribution is 7.80. The zero-order valence-electron chi connectivity index (χ0n) is 11.5. The third kappa shape index (κ3) is 5.00. The van der Waals surface area contributed by atoms with Gasteiger partial charge in [0, 0.05) is 6.42 Å². The van der Waals surface area contributed by atoms with Gasteiger partial charge < -0.3 is 10.5 Å². The van der Waals surface area contributed by atoms with Gasteiger partial charge in [0.1, 0.15) is 5.75 Å². The highest BCUT2D eigenvalue weighted by Gasteiger charge is 2.31. The molecule has 0 aliphatic heterocycles. The van der Waals surface area contributed by atoms with Gasteiger partial charge in [-0.2, -0.15) is 13.2 Å². The number of benzene rings is 1. The van der Waals surface area contributed by atoms with E-state index in [4.69, 9.17) is 22.7 Å². The van der Waals surface area contributed by atoms with Crippen LogP contribution in [0.25, 0.3) is 0 Å². The lowest BCUT2D eigenvalue weighted by molar-refractivity contribution is -0.137. The molecule has 2 N–H and O–H groups in total. The lowest BCUT2D eigenvalue weighted by atomic mass is 9.96. The molecule has 0 radical (unpaired) electrons. The number of hydrogen-bond donors (Lipinski definition) is 1. The van der Waals surface area contributed by atoms with Crippen LogP contribution in [-0.2, 0) is 12.6 Å². The molecule has 1 aromatic rings. The first-order chi connectivity index (χ1) is 9.24. The van der Waals surface area contributed by atoms with Crippen molar-refractivity contribution in [3.05, 3.63) is 29.3 Å². The lowest BCUT2D eigenvalue weighted by Gasteiger charge is -2.16. The molecule has 2 nitrogen and oxygen atoms in total. The Morgan fingerprint density at radius 3 is 2.55 bits per heavy atom. The zero-order chi connectivity index (χ0) is 15.3. The third-order valence-corrected chi connectivity index (χ3v) is 2.97. The van der Waals surface area contributed by atoms with Gasteiger partial charge in [-0.1, -0.05) is 19.1 Å². The van der Waals surface area contributed by atoms with Crippen molar-refractivity contribution in [2.75, 3.05) is 6.61 Å². The van der Waals surface area contributed by atoms with Crippen molar-refractivity contribution in [3.8, 4) is 5.75 Å². The topological polar surface area (TPSA) is 35.2 Å². The molecule has 0 amide bonds. The summed E-state index contributed by atoms with van der Waals surface area (Å²) in [5, 5.41) is 0. The quantitative estimate of drug-likeness (QED) is 0.808. The molecule has 1 rings (SSSR count). The molecule has 0 bridgehead atoms. The van der Waals surface area contributed by atoms with Gasteiger partial charge in [0.2, 0.25) is 0 Å². The molecule has 112 valence electrons. The maximum atomic E-state index is 12.8. The van der Waals surface area contributed by atoms with Crippen molar-refractivity contribution >= 4 is 17.2 Å². The average Bonchev–Trinajstić information content (AvgIpc) is 2.29. The molecule has 0 aliphatic rings. The Bertz CT molecular complexity index is 474. The van der Waals surface area contributed by atoms with E-state index >= 15 is 0 Å². The van der Waals surface area contributed by atoms with Crippen LogP contribution in [0.4, 0.5) is 13.2 Å². The van der Waals surface area contributed by atoms with Crippen molar-refractivity contribution in [3.63, 3.8) is 0 Å². The van der Waals surface area contributed by atoms with Crippen molar-refractivity contribution in [2.45, 2.75) is 32.9 Å². The standard InChI is InChI=1S/C14H18F3NOS/c1-3-19-12-5-4-11(14(15,16)17)8-10(12)6-9(2)7-13(18)20/h4-5,8-9H,3,6-7H2,1-2H3,(H2,18,20). The average molecular weight is 305 g/mol. The maximum Gasteiger partial charge on any atom is 0.416 e. The maximum absolute atomic E-state index is 12.8. The molecule has 0 heterocycles. The first-order valence-electron chi connectivity index (χ1n) is 6.35. The Morgan fingerprint density at radius 2 is 2.05 bits per heavy atom. The van der Waals surface area contributed by atoms with Crippen LogP contribution in [-0.4, -0.2) is 11.6 Å². The van der Waals surface area contributed by atoms with Gasteiger partial charge in [-0.05, 0) is 43.0 Å². The fraction of sp³-hybridized carbons (Fsp3) is 0.500. The Morgan fingerprint density at radius 1 is 1.40 bits per heavy atom. The summed E-state index contributed by atoms with van der Waals surface area (Å²) in [5.41, 5.74) is 5.33. The highest BCUT2D eigenvalue weighted by Crippen LogP contribution is 2.33. The smallest absolute Gasteiger partial charge is 0.416 e. The Hall–Kier alpha value is -1.30. The van der Waals surface area contributed by atoms with E-state index in [0.717, 1.165) is 12.1 Å². The van der Waals surface area contributed by atoms with E-state index in [9.17, 15) is 13.2 Å². The van der Waals surface area contributed by atoms with Crippen LogP contribution < -0.4 is 10.5 Å². The summed E-state index contributed by atoms with van der Waals surface area (Å²) in [6, 6.07) is 3.54. The molecule has 0 aliphatic carbocycles. The van der Waals surface area contributed by atoms with E-state index in [0.29, 0.717) is 35.7 Å². The molecule has 1 unspecified atom stereocenters. The predicted molar refractivity (Wildman–Crippen MR) is 76.9 cm³/mol. The van der Waals surface area contributed by atoms with Gasteiger partial charge in [-0.3, -0.25) is 0 Å². The minimum atomic E-state index is -4.36. The summed E-state index contributed by atoms with van der Waals surface area (Å²) in [4.78, 5) is 0.363. The largest absolute Gasteiger partial charge is 0.494 e. The van der Waals surface area contributed by atoms with E-state index in [1.54, 1.807) is 6.92 Å². The number of ether oxygens (including phenoxy) is 1. The lowest BCUT2D eigenvalue weighted by Crippen LogP contribution is -2.15. The molecule has 0 spiro atoms. The van der Waals surface area contributed by atoms with Crippen LogP contribution in [0.15, 0.2) is 18.2 Å². The fourth-order valence-electron chi connectivity index (χ4n) is 2.00. The summed E-state index contributed by atoms with van der Waals surface area (Å²) >= 11 is 4.82. The minimum Gasteiger partial charge on any atom is -0.494 e. The van der Waals surface area contributed by atoms with Crippen LogP contribution in [0, 0.1) is 5.92 Å². The normalized spacial score (nSPS) is 13.1. The van der Waals surface area contributed by atoms with Gasteiger partial charge in [0.25, 0.3) is 0 Å². The molecule has 6 heteroatoms. The number of halogens is 3. The van der Waals surface area contributed by atoms with Crippen molar-refractivity contribution in [2.24, 2.45) is 11.7 Å². The Labute approximate surface area is 122 Å². The molecule has 1 aromatic carbocycles. The summed E-state index contributed by atoms with van der Waals surface area (Å²) in [5.74, 6) is 0.547. The van der Waals surface area contributed by atoms with E-state index in [1.807, 2.05) is 6.92 Å². The van der Waals surface area contributed by atoms with Crippen molar-refractivity contribution < 1.29 is 17.9 Å². The predicted octanol–water partition coefficient (Wildman–Crippen LogP) is 3.96. The SMILES string of the molecule is CCOc1ccc(C(F)(F)F)cc1CC(C)CC(N)=S. The molecule has 0 aromatic heterocycles. The number of thiocarbonyl (C=S) groups is 1. The monoisotopic (exact) mass is 305 g/mol. The van der Waals surface area contributed by atoms with Gasteiger partial charge in [-0.15, -0.1) is 0 Å². The number of hydrogen-bond acceptors (Lipinski definition) is 2. The second-order valence-corrected chi connectivity index (χ2v) is 5.26. The molecule has 1 atom stereocenters. The first-order valence-corrected chi connectivity index (χ1v) is 6.76. The fourth-order valence-corrected chi connectivity index (χ4v) is 2.29. The van der Waals surface area contributed by atoms with Crippen LogP contribution in [0.1, 0.15) is 31.4 Å². The van der Waals surface area contributed by atoms with Gasteiger partial charge in [0.05, 0.1) is 17.2 Å². The van der Waals surface area contributed by atoms with E-state index < -0.39 is 11.7 Å². The molecule has 0 saturated carbocycles. The number of alkyl halides is 3. The Kier molecular flexibility index (Phi) is 5.80. The molecule has 0 saturated heterocycles. The van der Waals surface area contributed by atoms with E-state index in [-0.39, 0.29) is 5.92 Å². The summed E-state index contributed by atoms with van der Waals surface area (Å²) in [6.45, 7) is 4.09. The van der Waals surface area contributed by atoms with E-state index in [1.165, 1.54) is 6.07 Å². The van der Waals surface area contributed by atoms with Crippen LogP contribution in [0.3, 0.4) is 0 Å². The van der Waals surface area contributed by atoms with Gasteiger partial charge in [-0.25, -0.2) is 0 Å².